The molecule has 0 N–H and O–H groups in total. The normalized spacial score (nSPS) is 14.2. The Bertz CT molecular complexity index is 664. The Morgan fingerprint density at radius 3 is 2.28 bits per heavy atom. The van der Waals surface area contributed by atoms with Gasteiger partial charge in [-0.15, -0.1) is 0 Å². The van der Waals surface area contributed by atoms with E-state index in [9.17, 15) is 13.2 Å². The number of halogens is 1. The van der Waals surface area contributed by atoms with Crippen LogP contribution in [-0.2, 0) is 14.6 Å². The van der Waals surface area contributed by atoms with Gasteiger partial charge in [0.2, 0.25) is 5.91 Å². The Morgan fingerprint density at radius 2 is 1.76 bits per heavy atom. The summed E-state index contributed by atoms with van der Waals surface area (Å²) in [7, 11) is 0.333. The zero-order valence-corrected chi connectivity index (χ0v) is 17.8. The third kappa shape index (κ3) is 7.33. The van der Waals surface area contributed by atoms with Crippen molar-refractivity contribution in [2.24, 2.45) is 0 Å². The van der Waals surface area contributed by atoms with Crippen LogP contribution < -0.4 is 4.74 Å². The maximum Gasteiger partial charge on any atom is 0.236 e. The lowest BCUT2D eigenvalue weighted by atomic mass is 10.2. The van der Waals surface area contributed by atoms with E-state index in [-0.39, 0.29) is 18.5 Å². The van der Waals surface area contributed by atoms with Crippen LogP contribution in [0.15, 0.2) is 28.7 Å². The first-order chi connectivity index (χ1) is 11.5. The molecule has 0 aliphatic heterocycles. The van der Waals surface area contributed by atoms with Gasteiger partial charge < -0.3 is 9.64 Å². The molecular weight excluding hydrogens is 408 g/mol. The van der Waals surface area contributed by atoms with Crippen LogP contribution in [0, 0.1) is 0 Å². The minimum Gasteiger partial charge on any atom is -0.492 e. The Hall–Kier alpha value is -1.12. The molecule has 0 fully saturated rings. The molecule has 1 aromatic rings. The van der Waals surface area contributed by atoms with Crippen LogP contribution in [0.5, 0.6) is 5.75 Å². The summed E-state index contributed by atoms with van der Waals surface area (Å²) in [4.78, 5) is 15.6. The summed E-state index contributed by atoms with van der Waals surface area (Å²) in [6.45, 7) is 4.49. The number of carbonyl (C=O) groups is 1. The van der Waals surface area contributed by atoms with E-state index in [1.54, 1.807) is 30.8 Å². The van der Waals surface area contributed by atoms with E-state index < -0.39 is 15.1 Å². The fourth-order valence-electron chi connectivity index (χ4n) is 2.15. The van der Waals surface area contributed by atoms with Crippen LogP contribution >= 0.6 is 15.9 Å². The fraction of sp³-hybridized carbons (Fsp3) is 0.588. The van der Waals surface area contributed by atoms with Gasteiger partial charge in [0.1, 0.15) is 12.4 Å². The minimum atomic E-state index is -3.14. The van der Waals surface area contributed by atoms with E-state index >= 15 is 0 Å². The van der Waals surface area contributed by atoms with Crippen LogP contribution in [0.3, 0.4) is 0 Å². The van der Waals surface area contributed by atoms with Crippen molar-refractivity contribution in [3.05, 3.63) is 28.7 Å². The molecule has 25 heavy (non-hydrogen) atoms. The topological polar surface area (TPSA) is 66.9 Å². The van der Waals surface area contributed by atoms with Crippen molar-refractivity contribution in [3.8, 4) is 5.75 Å². The second-order valence-corrected chi connectivity index (χ2v) is 9.63. The van der Waals surface area contributed by atoms with Crippen molar-refractivity contribution >= 4 is 31.7 Å². The number of rotatable bonds is 9. The highest BCUT2D eigenvalue weighted by atomic mass is 79.9. The van der Waals surface area contributed by atoms with E-state index in [0.717, 1.165) is 10.2 Å². The highest BCUT2D eigenvalue weighted by Crippen LogP contribution is 2.16. The molecular formula is C17H27BrN2O4S. The van der Waals surface area contributed by atoms with Crippen LogP contribution in [0.25, 0.3) is 0 Å². The molecule has 0 heterocycles. The first kappa shape index (κ1) is 21.9. The molecule has 6 nitrogen and oxygen atoms in total. The van der Waals surface area contributed by atoms with Gasteiger partial charge in [-0.1, -0.05) is 15.9 Å². The van der Waals surface area contributed by atoms with Crippen molar-refractivity contribution < 1.29 is 17.9 Å². The molecule has 142 valence electrons. The molecule has 0 saturated carbocycles. The highest BCUT2D eigenvalue weighted by Gasteiger charge is 2.26. The van der Waals surface area contributed by atoms with Crippen LogP contribution in [0.1, 0.15) is 13.8 Å². The third-order valence-corrected chi connectivity index (χ3v) is 6.64. The van der Waals surface area contributed by atoms with E-state index in [4.69, 9.17) is 4.74 Å². The highest BCUT2D eigenvalue weighted by molar-refractivity contribution is 9.10. The molecule has 0 bridgehead atoms. The molecule has 2 atom stereocenters. The van der Waals surface area contributed by atoms with Gasteiger partial charge in [-0.3, -0.25) is 9.69 Å². The summed E-state index contributed by atoms with van der Waals surface area (Å²) in [6, 6.07) is 7.25. The SMILES string of the molecule is CC(C(C)S(C)(=O)=O)N(C)CC(=O)N(C)CCOc1ccc(Br)cc1. The molecule has 1 amide bonds. The van der Waals surface area contributed by atoms with E-state index in [1.807, 2.05) is 31.2 Å². The number of benzene rings is 1. The van der Waals surface area contributed by atoms with Gasteiger partial charge in [0.15, 0.2) is 9.84 Å². The van der Waals surface area contributed by atoms with Gasteiger partial charge in [0.25, 0.3) is 0 Å². The first-order valence-electron chi connectivity index (χ1n) is 8.03. The Balaban J connectivity index is 2.44. The number of ether oxygens (including phenoxy) is 1. The number of likely N-dealkylation sites (N-methyl/N-ethyl adjacent to an activating group) is 2. The number of carbonyl (C=O) groups excluding carboxylic acids is 1. The number of hydrogen-bond donors (Lipinski definition) is 0. The molecule has 0 aliphatic rings. The predicted octanol–water partition coefficient (Wildman–Crippen LogP) is 2.04. The molecule has 1 rings (SSSR count). The number of hydrogen-bond acceptors (Lipinski definition) is 5. The lowest BCUT2D eigenvalue weighted by molar-refractivity contribution is -0.131. The summed E-state index contributed by atoms with van der Waals surface area (Å²) in [5.41, 5.74) is 0. The fourth-order valence-corrected chi connectivity index (χ4v) is 3.34. The van der Waals surface area contributed by atoms with Gasteiger partial charge >= 0.3 is 0 Å². The van der Waals surface area contributed by atoms with Crippen LogP contribution in [-0.4, -0.2) is 75.5 Å². The number of sulfone groups is 1. The molecule has 0 radical (unpaired) electrons. The zero-order chi connectivity index (χ0) is 19.2. The van der Waals surface area contributed by atoms with Crippen LogP contribution in [0.4, 0.5) is 0 Å². The Labute approximate surface area is 159 Å². The average Bonchev–Trinajstić information content (AvgIpc) is 2.54. The molecule has 2 unspecified atom stereocenters. The molecule has 0 aromatic heterocycles. The summed E-state index contributed by atoms with van der Waals surface area (Å²) in [6.07, 6.45) is 1.22. The van der Waals surface area contributed by atoms with Crippen molar-refractivity contribution in [3.63, 3.8) is 0 Å². The zero-order valence-electron chi connectivity index (χ0n) is 15.4. The molecule has 0 spiro atoms. The lowest BCUT2D eigenvalue weighted by Gasteiger charge is -2.29. The predicted molar refractivity (Wildman–Crippen MR) is 104 cm³/mol. The van der Waals surface area contributed by atoms with Gasteiger partial charge in [0.05, 0.1) is 18.3 Å². The van der Waals surface area contributed by atoms with Gasteiger partial charge in [-0.05, 0) is 45.2 Å². The van der Waals surface area contributed by atoms with E-state index in [2.05, 4.69) is 15.9 Å². The number of amides is 1. The summed E-state index contributed by atoms with van der Waals surface area (Å²) in [5, 5.41) is -0.531. The largest absolute Gasteiger partial charge is 0.492 e. The van der Waals surface area contributed by atoms with Crippen molar-refractivity contribution in [2.45, 2.75) is 25.1 Å². The minimum absolute atomic E-state index is 0.0746. The average molecular weight is 435 g/mol. The van der Waals surface area contributed by atoms with Gasteiger partial charge in [-0.2, -0.15) is 0 Å². The van der Waals surface area contributed by atoms with E-state index in [1.165, 1.54) is 6.26 Å². The lowest BCUT2D eigenvalue weighted by Crippen LogP contribution is -2.46. The molecule has 8 heteroatoms. The Kier molecular flexibility index (Phi) is 8.37. The quantitative estimate of drug-likeness (QED) is 0.594. The summed E-state index contributed by atoms with van der Waals surface area (Å²) in [5.74, 6) is 0.672. The van der Waals surface area contributed by atoms with E-state index in [0.29, 0.717) is 13.2 Å². The molecule has 0 saturated heterocycles. The Morgan fingerprint density at radius 1 is 1.20 bits per heavy atom. The van der Waals surface area contributed by atoms with Gasteiger partial charge in [-0.25, -0.2) is 8.42 Å². The second-order valence-electron chi connectivity index (χ2n) is 6.31. The van der Waals surface area contributed by atoms with Crippen molar-refractivity contribution in [1.82, 2.24) is 9.80 Å². The van der Waals surface area contributed by atoms with Crippen molar-refractivity contribution in [2.75, 3.05) is 40.0 Å². The maximum atomic E-state index is 12.3. The van der Waals surface area contributed by atoms with Gasteiger partial charge in [0, 0.05) is 23.8 Å². The third-order valence-electron chi connectivity index (χ3n) is 4.37. The second kappa shape index (κ2) is 9.54. The summed E-state index contributed by atoms with van der Waals surface area (Å²) >= 11 is 3.36. The number of nitrogens with zero attached hydrogens (tertiary/aromatic N) is 2. The summed E-state index contributed by atoms with van der Waals surface area (Å²) < 4.78 is 29.9. The van der Waals surface area contributed by atoms with Crippen molar-refractivity contribution in [1.29, 1.82) is 0 Å². The monoisotopic (exact) mass is 434 g/mol. The first-order valence-corrected chi connectivity index (χ1v) is 10.8. The molecule has 0 aliphatic carbocycles. The molecule has 1 aromatic carbocycles. The maximum absolute atomic E-state index is 12.3. The standard InChI is InChI=1S/C17H27BrN2O4S/c1-13(14(2)25(5,22)23)20(4)12-17(21)19(3)10-11-24-16-8-6-15(18)7-9-16/h6-9,13-14H,10-12H2,1-5H3. The smallest absolute Gasteiger partial charge is 0.236 e. The van der Waals surface area contributed by atoms with Crippen LogP contribution in [0.2, 0.25) is 0 Å².